The fourth-order valence-corrected chi connectivity index (χ4v) is 5.58. The third-order valence-electron chi connectivity index (χ3n) is 7.08. The summed E-state index contributed by atoms with van der Waals surface area (Å²) in [5, 5.41) is 10.9. The molecule has 31 heavy (non-hydrogen) atoms. The molecular weight excluding hydrogens is 382 g/mol. The molecule has 0 spiro atoms. The van der Waals surface area contributed by atoms with Crippen molar-refractivity contribution in [3.63, 3.8) is 0 Å². The molecule has 3 heteroatoms. The molecule has 0 amide bonds. The molecule has 3 aromatic carbocycles. The zero-order chi connectivity index (χ0) is 21.2. The molecule has 3 aromatic rings. The molecule has 0 radical (unpaired) electrons. The fraction of sp³-hybridized carbons (Fsp3) is 0.321. The molecule has 1 aliphatic heterocycles. The van der Waals surface area contributed by atoms with Crippen LogP contribution >= 0.6 is 0 Å². The van der Waals surface area contributed by atoms with Crippen molar-refractivity contribution in [1.29, 1.82) is 0 Å². The van der Waals surface area contributed by atoms with Crippen LogP contribution in [0.4, 0.5) is 0 Å². The average molecular weight is 412 g/mol. The first-order chi connectivity index (χ1) is 15.2. The van der Waals surface area contributed by atoms with Crippen LogP contribution in [0, 0.1) is 17.8 Å². The minimum Gasteiger partial charge on any atom is -0.378 e. The van der Waals surface area contributed by atoms with Crippen LogP contribution in [0.3, 0.4) is 0 Å². The molecule has 1 N–H and O–H groups in total. The van der Waals surface area contributed by atoms with Crippen molar-refractivity contribution in [1.82, 2.24) is 4.90 Å². The Balaban J connectivity index is 1.21. The number of Topliss-reactive ketones (excluding diaryl/α,β-unsaturated/α-hetero) is 1. The maximum absolute atomic E-state index is 13.0. The second-order valence-corrected chi connectivity index (χ2v) is 9.16. The summed E-state index contributed by atoms with van der Waals surface area (Å²) in [7, 11) is 0. The monoisotopic (exact) mass is 411 g/mol. The molecule has 2 aliphatic rings. The van der Waals surface area contributed by atoms with E-state index in [4.69, 9.17) is 0 Å². The van der Waals surface area contributed by atoms with E-state index in [1.165, 1.54) is 5.56 Å². The van der Waals surface area contributed by atoms with Gasteiger partial charge in [-0.05, 0) is 53.9 Å². The highest BCUT2D eigenvalue weighted by Gasteiger charge is 2.46. The van der Waals surface area contributed by atoms with Crippen LogP contribution in [0.25, 0.3) is 11.1 Å². The highest BCUT2D eigenvalue weighted by atomic mass is 16.3. The Morgan fingerprint density at radius 2 is 1.58 bits per heavy atom. The minimum absolute atomic E-state index is 0.0811. The van der Waals surface area contributed by atoms with Gasteiger partial charge in [0.25, 0.3) is 0 Å². The van der Waals surface area contributed by atoms with E-state index in [9.17, 15) is 9.90 Å². The van der Waals surface area contributed by atoms with E-state index in [1.807, 2.05) is 47.4 Å². The first-order valence-corrected chi connectivity index (χ1v) is 11.3. The molecule has 0 aromatic heterocycles. The van der Waals surface area contributed by atoms with Gasteiger partial charge in [-0.3, -0.25) is 9.69 Å². The SMILES string of the molecule is O=C(CN1C[C@@H]2C[C@@H](Cc3ccccc3)C[C@@H]2C1O)c1cccc(-c2ccccc2)c1. The van der Waals surface area contributed by atoms with E-state index >= 15 is 0 Å². The van der Waals surface area contributed by atoms with E-state index in [-0.39, 0.29) is 18.2 Å². The number of hydrogen-bond acceptors (Lipinski definition) is 3. The number of benzene rings is 3. The van der Waals surface area contributed by atoms with E-state index < -0.39 is 6.23 Å². The lowest BCUT2D eigenvalue weighted by molar-refractivity contribution is 0.00641. The van der Waals surface area contributed by atoms with Crippen LogP contribution in [-0.4, -0.2) is 35.1 Å². The summed E-state index contributed by atoms with van der Waals surface area (Å²) in [4.78, 5) is 15.0. The Labute approximate surface area is 184 Å². The topological polar surface area (TPSA) is 40.5 Å². The highest BCUT2D eigenvalue weighted by molar-refractivity contribution is 5.98. The number of fused-ring (bicyclic) bond motifs is 1. The van der Waals surface area contributed by atoms with Crippen molar-refractivity contribution in [3.05, 3.63) is 96.1 Å². The van der Waals surface area contributed by atoms with Crippen LogP contribution in [0.5, 0.6) is 0 Å². The number of hydrogen-bond donors (Lipinski definition) is 1. The Morgan fingerprint density at radius 3 is 2.32 bits per heavy atom. The summed E-state index contributed by atoms with van der Waals surface area (Å²) >= 11 is 0. The second-order valence-electron chi connectivity index (χ2n) is 9.16. The number of carbonyl (C=O) groups is 1. The molecule has 5 rings (SSSR count). The zero-order valence-electron chi connectivity index (χ0n) is 17.7. The molecule has 3 nitrogen and oxygen atoms in total. The lowest BCUT2D eigenvalue weighted by Gasteiger charge is -2.23. The minimum atomic E-state index is -0.507. The predicted octanol–water partition coefficient (Wildman–Crippen LogP) is 5.06. The van der Waals surface area contributed by atoms with Crippen LogP contribution in [0.1, 0.15) is 28.8 Å². The summed E-state index contributed by atoms with van der Waals surface area (Å²) in [6, 6.07) is 28.6. The lowest BCUT2D eigenvalue weighted by Crippen LogP contribution is -2.37. The van der Waals surface area contributed by atoms with Gasteiger partial charge in [-0.25, -0.2) is 0 Å². The largest absolute Gasteiger partial charge is 0.378 e. The molecule has 0 bridgehead atoms. The Bertz CT molecular complexity index is 1030. The molecule has 2 fully saturated rings. The van der Waals surface area contributed by atoms with Crippen LogP contribution in [0.15, 0.2) is 84.9 Å². The summed E-state index contributed by atoms with van der Waals surface area (Å²) in [6.07, 6.45) is 2.78. The van der Waals surface area contributed by atoms with E-state index in [0.717, 1.165) is 36.9 Å². The number of nitrogens with zero attached hydrogens (tertiary/aromatic N) is 1. The smallest absolute Gasteiger partial charge is 0.176 e. The fourth-order valence-electron chi connectivity index (χ4n) is 5.58. The van der Waals surface area contributed by atoms with Gasteiger partial charge in [0.05, 0.1) is 6.54 Å². The summed E-state index contributed by atoms with van der Waals surface area (Å²) in [5.41, 5.74) is 4.26. The molecule has 158 valence electrons. The van der Waals surface area contributed by atoms with Gasteiger partial charge in [0, 0.05) is 18.0 Å². The highest BCUT2D eigenvalue weighted by Crippen LogP contribution is 2.45. The van der Waals surface area contributed by atoms with Crippen molar-refractivity contribution in [2.75, 3.05) is 13.1 Å². The van der Waals surface area contributed by atoms with E-state index in [0.29, 0.717) is 17.4 Å². The Hall–Kier alpha value is -2.75. The van der Waals surface area contributed by atoms with Gasteiger partial charge in [-0.15, -0.1) is 0 Å². The molecule has 1 saturated carbocycles. The van der Waals surface area contributed by atoms with Gasteiger partial charge in [0.1, 0.15) is 6.23 Å². The third-order valence-corrected chi connectivity index (χ3v) is 7.08. The van der Waals surface area contributed by atoms with Crippen molar-refractivity contribution in [2.24, 2.45) is 17.8 Å². The standard InChI is InChI=1S/C28H29NO2/c30-27(24-13-7-12-23(17-24)22-10-5-2-6-11-22)19-29-18-25-15-21(16-26(25)28(29)31)14-20-8-3-1-4-9-20/h1-13,17,21,25-26,28,31H,14-16,18-19H2/t21-,25+,26+,28?/m1/s1. The Kier molecular flexibility index (Phi) is 5.71. The average Bonchev–Trinajstić information content (AvgIpc) is 3.33. The number of rotatable bonds is 6. The van der Waals surface area contributed by atoms with Crippen molar-refractivity contribution >= 4 is 5.78 Å². The quantitative estimate of drug-likeness (QED) is 0.577. The molecule has 1 aliphatic carbocycles. The summed E-state index contributed by atoms with van der Waals surface area (Å²) < 4.78 is 0. The van der Waals surface area contributed by atoms with Gasteiger partial charge in [0.2, 0.25) is 0 Å². The van der Waals surface area contributed by atoms with E-state index in [1.54, 1.807) is 0 Å². The number of ketones is 1. The molecular formula is C28H29NO2. The van der Waals surface area contributed by atoms with Crippen LogP contribution in [-0.2, 0) is 6.42 Å². The van der Waals surface area contributed by atoms with Crippen molar-refractivity contribution in [3.8, 4) is 11.1 Å². The summed E-state index contributed by atoms with van der Waals surface area (Å²) in [6.45, 7) is 1.11. The number of likely N-dealkylation sites (tertiary alicyclic amines) is 1. The zero-order valence-corrected chi connectivity index (χ0v) is 17.7. The number of carbonyl (C=O) groups excluding carboxylic acids is 1. The lowest BCUT2D eigenvalue weighted by atomic mass is 9.96. The second kappa shape index (κ2) is 8.78. The first kappa shape index (κ1) is 20.2. The van der Waals surface area contributed by atoms with Gasteiger partial charge < -0.3 is 5.11 Å². The van der Waals surface area contributed by atoms with Gasteiger partial charge >= 0.3 is 0 Å². The molecule has 1 unspecified atom stereocenters. The number of aliphatic hydroxyl groups is 1. The Morgan fingerprint density at radius 1 is 0.871 bits per heavy atom. The van der Waals surface area contributed by atoms with Crippen LogP contribution in [0.2, 0.25) is 0 Å². The van der Waals surface area contributed by atoms with Crippen molar-refractivity contribution in [2.45, 2.75) is 25.5 Å². The van der Waals surface area contributed by atoms with Gasteiger partial charge in [-0.1, -0.05) is 78.9 Å². The summed E-state index contributed by atoms with van der Waals surface area (Å²) in [5.74, 6) is 1.49. The van der Waals surface area contributed by atoms with Gasteiger partial charge in [-0.2, -0.15) is 0 Å². The first-order valence-electron chi connectivity index (χ1n) is 11.3. The van der Waals surface area contributed by atoms with Crippen molar-refractivity contribution < 1.29 is 9.90 Å². The normalized spacial score (nSPS) is 25.5. The molecule has 1 heterocycles. The van der Waals surface area contributed by atoms with Crippen LogP contribution < -0.4 is 0 Å². The predicted molar refractivity (Wildman–Crippen MR) is 124 cm³/mol. The van der Waals surface area contributed by atoms with Gasteiger partial charge in [0.15, 0.2) is 5.78 Å². The number of aliphatic hydroxyl groups excluding tert-OH is 1. The molecule has 1 saturated heterocycles. The maximum Gasteiger partial charge on any atom is 0.176 e. The van der Waals surface area contributed by atoms with E-state index in [2.05, 4.69) is 42.5 Å². The maximum atomic E-state index is 13.0. The molecule has 4 atom stereocenters. The third kappa shape index (κ3) is 4.34.